The molecule has 0 aliphatic rings. The van der Waals surface area contributed by atoms with Crippen molar-refractivity contribution in [2.24, 2.45) is 0 Å². The number of anilines is 2. The Labute approximate surface area is 175 Å². The van der Waals surface area contributed by atoms with E-state index in [1.165, 1.54) is 41.9 Å². The number of nitrogens with one attached hydrogen (secondary N) is 2. The monoisotopic (exact) mass is 442 g/mol. The largest absolute Gasteiger partial charge is 0.340 e. The number of sulfonamides is 1. The lowest BCUT2D eigenvalue weighted by Crippen LogP contribution is -2.28. The maximum atomic E-state index is 13.3. The molecule has 1 amide bonds. The molecule has 152 valence electrons. The van der Waals surface area contributed by atoms with E-state index < -0.39 is 15.9 Å². The van der Waals surface area contributed by atoms with E-state index in [0.29, 0.717) is 11.5 Å². The van der Waals surface area contributed by atoms with Crippen molar-refractivity contribution in [2.75, 3.05) is 5.32 Å². The Balaban J connectivity index is 1.68. The summed E-state index contributed by atoms with van der Waals surface area (Å²) in [5, 5.41) is 5.89. The van der Waals surface area contributed by atoms with Crippen LogP contribution < -0.4 is 10.0 Å². The lowest BCUT2D eigenvalue weighted by molar-refractivity contribution is -0.117. The van der Waals surface area contributed by atoms with Crippen molar-refractivity contribution in [3.8, 4) is 11.1 Å². The van der Waals surface area contributed by atoms with Gasteiger partial charge in [-0.2, -0.15) is 0 Å². The quantitative estimate of drug-likeness (QED) is 0.483. The molecule has 0 saturated heterocycles. The van der Waals surface area contributed by atoms with Crippen molar-refractivity contribution in [3.05, 3.63) is 66.1 Å². The molecule has 2 N–H and O–H groups in total. The highest BCUT2D eigenvalue weighted by Crippen LogP contribution is 2.37. The zero-order chi connectivity index (χ0) is 21.3. The van der Waals surface area contributed by atoms with Crippen LogP contribution in [-0.4, -0.2) is 24.3 Å². The summed E-state index contributed by atoms with van der Waals surface area (Å²) in [6.07, 6.45) is 1.44. The Bertz CT molecular complexity index is 1340. The third kappa shape index (κ3) is 4.00. The zero-order valence-electron chi connectivity index (χ0n) is 15.6. The Morgan fingerprint density at radius 1 is 1.03 bits per heavy atom. The van der Waals surface area contributed by atoms with Gasteiger partial charge in [-0.25, -0.2) is 27.5 Å². The van der Waals surface area contributed by atoms with Crippen molar-refractivity contribution >= 4 is 49.0 Å². The SMILES string of the molecule is CC(=O)NS(=O)(=O)c1ccc(Nc2ncnc3scc(-c4ccc(F)cc4)c23)cc1. The number of hydrogen-bond acceptors (Lipinski definition) is 7. The highest BCUT2D eigenvalue weighted by atomic mass is 32.2. The van der Waals surface area contributed by atoms with Crippen LogP contribution in [0.3, 0.4) is 0 Å². The number of halogens is 1. The number of nitrogens with zero attached hydrogens (tertiary/aromatic N) is 2. The number of amides is 1. The van der Waals surface area contributed by atoms with Gasteiger partial charge in [0.2, 0.25) is 5.91 Å². The number of rotatable bonds is 5. The first kappa shape index (κ1) is 19.9. The standard InChI is InChI=1S/C20H15FN4O3S2/c1-12(26)25-30(27,28)16-8-6-15(7-9-16)24-19-18-17(10-29-20(18)23-11-22-19)13-2-4-14(21)5-3-13/h2-11H,1H3,(H,25,26)(H,22,23,24). The molecule has 0 aliphatic heterocycles. The van der Waals surface area contributed by atoms with E-state index in [1.54, 1.807) is 24.3 Å². The van der Waals surface area contributed by atoms with Gasteiger partial charge in [-0.15, -0.1) is 11.3 Å². The Morgan fingerprint density at radius 3 is 2.40 bits per heavy atom. The lowest BCUT2D eigenvalue weighted by atomic mass is 10.1. The first-order chi connectivity index (χ1) is 14.3. The number of thiophene rings is 1. The van der Waals surface area contributed by atoms with Crippen LogP contribution in [0.2, 0.25) is 0 Å². The molecule has 0 unspecified atom stereocenters. The normalized spacial score (nSPS) is 11.4. The van der Waals surface area contributed by atoms with Gasteiger partial charge in [0.25, 0.3) is 10.0 Å². The number of aromatic nitrogens is 2. The molecule has 2 heterocycles. The summed E-state index contributed by atoms with van der Waals surface area (Å²) in [6.45, 7) is 1.13. The van der Waals surface area contributed by atoms with Gasteiger partial charge in [0.1, 0.15) is 22.8 Å². The molecule has 30 heavy (non-hydrogen) atoms. The molecule has 0 spiro atoms. The third-order valence-corrected chi connectivity index (χ3v) is 6.57. The average Bonchev–Trinajstić information content (AvgIpc) is 3.13. The van der Waals surface area contributed by atoms with Crippen LogP contribution in [0.25, 0.3) is 21.3 Å². The van der Waals surface area contributed by atoms with Crippen LogP contribution in [0.15, 0.2) is 65.1 Å². The predicted octanol–water partition coefficient (Wildman–Crippen LogP) is 4.07. The fourth-order valence-corrected chi connectivity index (χ4v) is 4.82. The molecular weight excluding hydrogens is 427 g/mol. The molecule has 2 aromatic heterocycles. The van der Waals surface area contributed by atoms with E-state index in [9.17, 15) is 17.6 Å². The Kier molecular flexibility index (Phi) is 5.18. The highest BCUT2D eigenvalue weighted by molar-refractivity contribution is 7.90. The van der Waals surface area contributed by atoms with E-state index in [4.69, 9.17) is 0 Å². The highest BCUT2D eigenvalue weighted by Gasteiger charge is 2.16. The minimum atomic E-state index is -3.90. The Morgan fingerprint density at radius 2 is 1.73 bits per heavy atom. The fraction of sp³-hybridized carbons (Fsp3) is 0.0500. The number of hydrogen-bond donors (Lipinski definition) is 2. The van der Waals surface area contributed by atoms with E-state index in [1.807, 2.05) is 10.1 Å². The molecule has 10 heteroatoms. The van der Waals surface area contributed by atoms with Crippen molar-refractivity contribution in [3.63, 3.8) is 0 Å². The molecule has 0 atom stereocenters. The molecule has 0 bridgehead atoms. The van der Waals surface area contributed by atoms with E-state index in [2.05, 4.69) is 15.3 Å². The summed E-state index contributed by atoms with van der Waals surface area (Å²) in [7, 11) is -3.90. The minimum Gasteiger partial charge on any atom is -0.340 e. The van der Waals surface area contributed by atoms with Crippen LogP contribution >= 0.6 is 11.3 Å². The maximum absolute atomic E-state index is 13.3. The number of benzene rings is 2. The minimum absolute atomic E-state index is 0.0291. The average molecular weight is 442 g/mol. The van der Waals surface area contributed by atoms with E-state index in [0.717, 1.165) is 28.3 Å². The van der Waals surface area contributed by atoms with Crippen LogP contribution in [0.4, 0.5) is 15.9 Å². The first-order valence-corrected chi connectivity index (χ1v) is 11.1. The summed E-state index contributed by atoms with van der Waals surface area (Å²) in [5.74, 6) is -0.438. The van der Waals surface area contributed by atoms with Crippen LogP contribution in [0.5, 0.6) is 0 Å². The van der Waals surface area contributed by atoms with E-state index >= 15 is 0 Å². The molecule has 0 aliphatic carbocycles. The molecule has 0 radical (unpaired) electrons. The van der Waals surface area contributed by atoms with Gasteiger partial charge in [0, 0.05) is 23.6 Å². The molecule has 4 aromatic rings. The molecule has 4 rings (SSSR count). The lowest BCUT2D eigenvalue weighted by Gasteiger charge is -2.10. The number of carbonyl (C=O) groups is 1. The van der Waals surface area contributed by atoms with Gasteiger partial charge >= 0.3 is 0 Å². The second kappa shape index (κ2) is 7.81. The Hall–Kier alpha value is -3.37. The molecule has 0 saturated carbocycles. The van der Waals surface area contributed by atoms with E-state index in [-0.39, 0.29) is 10.7 Å². The van der Waals surface area contributed by atoms with Gasteiger partial charge in [0.05, 0.1) is 10.3 Å². The maximum Gasteiger partial charge on any atom is 0.264 e. The number of fused-ring (bicyclic) bond motifs is 1. The van der Waals surface area contributed by atoms with Gasteiger partial charge in [-0.1, -0.05) is 12.1 Å². The molecule has 7 nitrogen and oxygen atoms in total. The summed E-state index contributed by atoms with van der Waals surface area (Å²) in [4.78, 5) is 20.4. The van der Waals surface area contributed by atoms with Gasteiger partial charge < -0.3 is 5.32 Å². The zero-order valence-corrected chi connectivity index (χ0v) is 17.2. The summed E-state index contributed by atoms with van der Waals surface area (Å²) in [6, 6.07) is 12.1. The summed E-state index contributed by atoms with van der Waals surface area (Å²) < 4.78 is 39.4. The topological polar surface area (TPSA) is 101 Å². The second-order valence-corrected chi connectivity index (χ2v) is 8.91. The van der Waals surface area contributed by atoms with Gasteiger partial charge in [0.15, 0.2) is 0 Å². The van der Waals surface area contributed by atoms with Gasteiger partial charge in [-0.05, 0) is 42.0 Å². The van der Waals surface area contributed by atoms with Crippen molar-refractivity contribution in [2.45, 2.75) is 11.8 Å². The van der Waals surface area contributed by atoms with Crippen molar-refractivity contribution in [1.82, 2.24) is 14.7 Å². The first-order valence-electron chi connectivity index (χ1n) is 8.72. The molecule has 2 aromatic carbocycles. The van der Waals surface area contributed by atoms with Crippen molar-refractivity contribution < 1.29 is 17.6 Å². The molecule has 0 fully saturated rings. The van der Waals surface area contributed by atoms with Gasteiger partial charge in [-0.3, -0.25) is 4.79 Å². The second-order valence-electron chi connectivity index (χ2n) is 6.37. The summed E-state index contributed by atoms with van der Waals surface area (Å²) in [5.41, 5.74) is 2.30. The third-order valence-electron chi connectivity index (χ3n) is 4.23. The van der Waals surface area contributed by atoms with Crippen LogP contribution in [0.1, 0.15) is 6.92 Å². The van der Waals surface area contributed by atoms with Crippen LogP contribution in [-0.2, 0) is 14.8 Å². The van der Waals surface area contributed by atoms with Crippen molar-refractivity contribution in [1.29, 1.82) is 0 Å². The fourth-order valence-electron chi connectivity index (χ4n) is 2.91. The smallest absolute Gasteiger partial charge is 0.264 e. The number of carbonyl (C=O) groups excluding carboxylic acids is 1. The molecular formula is C20H15FN4O3S2. The summed E-state index contributed by atoms with van der Waals surface area (Å²) >= 11 is 1.44. The predicted molar refractivity (Wildman–Crippen MR) is 114 cm³/mol. The van der Waals surface area contributed by atoms with Crippen LogP contribution in [0, 0.1) is 5.82 Å².